The number of nitrogens with zero attached hydrogens (tertiary/aromatic N) is 1. The minimum Gasteiger partial charge on any atom is -0.469 e. The highest BCUT2D eigenvalue weighted by atomic mass is 16.5. The number of nitrogens with one attached hydrogen (secondary N) is 2. The number of amides is 1. The van der Waals surface area contributed by atoms with Gasteiger partial charge in [0.15, 0.2) is 0 Å². The van der Waals surface area contributed by atoms with Crippen molar-refractivity contribution >= 4 is 28.6 Å². The van der Waals surface area contributed by atoms with Crippen LogP contribution in [-0.2, 0) is 14.3 Å². The molecule has 0 fully saturated rings. The summed E-state index contributed by atoms with van der Waals surface area (Å²) in [5.41, 5.74) is 2.42. The molecule has 0 bridgehead atoms. The summed E-state index contributed by atoms with van der Waals surface area (Å²) in [6.07, 6.45) is 0.178. The molecule has 0 radical (unpaired) electrons. The number of rotatable bonds is 5. The molecule has 1 aromatic heterocycles. The summed E-state index contributed by atoms with van der Waals surface area (Å²) >= 11 is 0. The second kappa shape index (κ2) is 6.39. The van der Waals surface area contributed by atoms with E-state index in [1.54, 1.807) is 6.07 Å². The van der Waals surface area contributed by atoms with Crippen LogP contribution in [0.25, 0.3) is 11.0 Å². The standard InChI is InChI=1S/C15H19N3O3/c1-9(2)15-17-11-5-4-10(8-12(11)18-15)16-13(19)6-7-14(20)21-3/h4-5,8-9H,6-7H2,1-3H3,(H,16,19)(H,17,18). The first kappa shape index (κ1) is 15.0. The predicted molar refractivity (Wildman–Crippen MR) is 80.1 cm³/mol. The molecule has 1 amide bonds. The fourth-order valence-corrected chi connectivity index (χ4v) is 1.92. The zero-order valence-electron chi connectivity index (χ0n) is 12.4. The highest BCUT2D eigenvalue weighted by Crippen LogP contribution is 2.20. The Labute approximate surface area is 122 Å². The molecule has 6 nitrogen and oxygen atoms in total. The van der Waals surface area contributed by atoms with Crippen LogP contribution in [0.4, 0.5) is 5.69 Å². The fraction of sp³-hybridized carbons (Fsp3) is 0.400. The van der Waals surface area contributed by atoms with Gasteiger partial charge in [-0.3, -0.25) is 9.59 Å². The average molecular weight is 289 g/mol. The van der Waals surface area contributed by atoms with E-state index >= 15 is 0 Å². The van der Waals surface area contributed by atoms with Gasteiger partial charge in [0, 0.05) is 18.0 Å². The number of H-pyrrole nitrogens is 1. The van der Waals surface area contributed by atoms with Crippen LogP contribution in [0.3, 0.4) is 0 Å². The molecule has 0 aliphatic heterocycles. The summed E-state index contributed by atoms with van der Waals surface area (Å²) in [5.74, 6) is 0.619. The van der Waals surface area contributed by atoms with E-state index in [0.717, 1.165) is 16.9 Å². The molecule has 1 heterocycles. The molecule has 1 aromatic carbocycles. The Hall–Kier alpha value is -2.37. The fourth-order valence-electron chi connectivity index (χ4n) is 1.92. The SMILES string of the molecule is COC(=O)CCC(=O)Nc1ccc2nc(C(C)C)[nH]c2c1. The van der Waals surface area contributed by atoms with Gasteiger partial charge in [-0.05, 0) is 18.2 Å². The minimum absolute atomic E-state index is 0.0755. The largest absolute Gasteiger partial charge is 0.469 e. The van der Waals surface area contributed by atoms with E-state index in [1.807, 2.05) is 12.1 Å². The highest BCUT2D eigenvalue weighted by Gasteiger charge is 2.09. The summed E-state index contributed by atoms with van der Waals surface area (Å²) < 4.78 is 4.50. The molecular formula is C15H19N3O3. The molecule has 6 heteroatoms. The summed E-state index contributed by atoms with van der Waals surface area (Å²) in [7, 11) is 1.30. The van der Waals surface area contributed by atoms with Gasteiger partial charge in [0.25, 0.3) is 0 Å². The second-order valence-electron chi connectivity index (χ2n) is 5.13. The summed E-state index contributed by atoms with van der Waals surface area (Å²) in [6.45, 7) is 4.13. The molecule has 0 spiro atoms. The first-order chi connectivity index (χ1) is 9.99. The number of hydrogen-bond acceptors (Lipinski definition) is 4. The van der Waals surface area contributed by atoms with Crippen LogP contribution in [0.2, 0.25) is 0 Å². The third-order valence-corrected chi connectivity index (χ3v) is 3.11. The lowest BCUT2D eigenvalue weighted by atomic mass is 10.2. The molecule has 21 heavy (non-hydrogen) atoms. The summed E-state index contributed by atoms with van der Waals surface area (Å²) in [5, 5.41) is 2.76. The molecule has 2 aromatic rings. The molecule has 0 aliphatic carbocycles. The van der Waals surface area contributed by atoms with Crippen molar-refractivity contribution in [2.45, 2.75) is 32.6 Å². The van der Waals surface area contributed by atoms with E-state index in [4.69, 9.17) is 0 Å². The minimum atomic E-state index is -0.393. The van der Waals surface area contributed by atoms with Crippen molar-refractivity contribution in [1.82, 2.24) is 9.97 Å². The molecule has 2 rings (SSSR count). The zero-order valence-corrected chi connectivity index (χ0v) is 12.4. The van der Waals surface area contributed by atoms with Crippen molar-refractivity contribution < 1.29 is 14.3 Å². The van der Waals surface area contributed by atoms with Crippen molar-refractivity contribution in [3.63, 3.8) is 0 Å². The van der Waals surface area contributed by atoms with Crippen LogP contribution in [0.15, 0.2) is 18.2 Å². The van der Waals surface area contributed by atoms with Crippen molar-refractivity contribution in [3.05, 3.63) is 24.0 Å². The molecule has 0 aliphatic rings. The summed E-state index contributed by atoms with van der Waals surface area (Å²) in [4.78, 5) is 30.4. The van der Waals surface area contributed by atoms with Crippen molar-refractivity contribution in [1.29, 1.82) is 0 Å². The third-order valence-electron chi connectivity index (χ3n) is 3.11. The Morgan fingerprint density at radius 3 is 2.76 bits per heavy atom. The lowest BCUT2D eigenvalue weighted by molar-refractivity contribution is -0.141. The van der Waals surface area contributed by atoms with Gasteiger partial charge in [0.05, 0.1) is 24.6 Å². The van der Waals surface area contributed by atoms with E-state index in [-0.39, 0.29) is 18.7 Å². The van der Waals surface area contributed by atoms with Crippen LogP contribution < -0.4 is 5.32 Å². The highest BCUT2D eigenvalue weighted by molar-refractivity contribution is 5.94. The van der Waals surface area contributed by atoms with Gasteiger partial charge in [-0.1, -0.05) is 13.8 Å². The van der Waals surface area contributed by atoms with Crippen LogP contribution >= 0.6 is 0 Å². The van der Waals surface area contributed by atoms with Crippen molar-refractivity contribution in [2.24, 2.45) is 0 Å². The Kier molecular flexibility index (Phi) is 4.57. The molecule has 2 N–H and O–H groups in total. The zero-order chi connectivity index (χ0) is 15.4. The van der Waals surface area contributed by atoms with Gasteiger partial charge in [0.2, 0.25) is 5.91 Å². The molecule has 0 saturated heterocycles. The van der Waals surface area contributed by atoms with Gasteiger partial charge < -0.3 is 15.0 Å². The first-order valence-corrected chi connectivity index (χ1v) is 6.86. The Morgan fingerprint density at radius 1 is 1.33 bits per heavy atom. The number of anilines is 1. The number of hydrogen-bond donors (Lipinski definition) is 2. The van der Waals surface area contributed by atoms with Gasteiger partial charge in [0.1, 0.15) is 5.82 Å². The lowest BCUT2D eigenvalue weighted by Crippen LogP contribution is -2.13. The molecule has 112 valence electrons. The maximum absolute atomic E-state index is 11.7. The number of carbonyl (C=O) groups excluding carboxylic acids is 2. The van der Waals surface area contributed by atoms with Crippen LogP contribution in [-0.4, -0.2) is 29.0 Å². The van der Waals surface area contributed by atoms with Gasteiger partial charge in [-0.15, -0.1) is 0 Å². The number of esters is 1. The number of methoxy groups -OCH3 is 1. The third kappa shape index (κ3) is 3.81. The van der Waals surface area contributed by atoms with E-state index < -0.39 is 5.97 Å². The normalized spacial score (nSPS) is 10.9. The number of imidazole rings is 1. The Balaban J connectivity index is 2.05. The number of carbonyl (C=O) groups is 2. The van der Waals surface area contributed by atoms with E-state index in [0.29, 0.717) is 11.6 Å². The number of aromatic nitrogens is 2. The van der Waals surface area contributed by atoms with Crippen molar-refractivity contribution in [3.8, 4) is 0 Å². The van der Waals surface area contributed by atoms with E-state index in [2.05, 4.69) is 33.9 Å². The Morgan fingerprint density at radius 2 is 2.10 bits per heavy atom. The van der Waals surface area contributed by atoms with Crippen LogP contribution in [0, 0.1) is 0 Å². The van der Waals surface area contributed by atoms with Crippen LogP contribution in [0.1, 0.15) is 38.4 Å². The number of ether oxygens (including phenoxy) is 1. The maximum atomic E-state index is 11.7. The molecule has 0 unspecified atom stereocenters. The average Bonchev–Trinajstić information content (AvgIpc) is 2.88. The van der Waals surface area contributed by atoms with Crippen molar-refractivity contribution in [2.75, 3.05) is 12.4 Å². The Bertz CT molecular complexity index is 661. The quantitative estimate of drug-likeness (QED) is 0.829. The second-order valence-corrected chi connectivity index (χ2v) is 5.13. The number of benzene rings is 1. The van der Waals surface area contributed by atoms with E-state index in [1.165, 1.54) is 7.11 Å². The first-order valence-electron chi connectivity index (χ1n) is 6.86. The van der Waals surface area contributed by atoms with Gasteiger partial charge >= 0.3 is 5.97 Å². The smallest absolute Gasteiger partial charge is 0.306 e. The number of aromatic amines is 1. The molecule has 0 atom stereocenters. The van der Waals surface area contributed by atoms with Gasteiger partial charge in [-0.2, -0.15) is 0 Å². The molecular weight excluding hydrogens is 270 g/mol. The monoisotopic (exact) mass is 289 g/mol. The number of fused-ring (bicyclic) bond motifs is 1. The van der Waals surface area contributed by atoms with Gasteiger partial charge in [-0.25, -0.2) is 4.98 Å². The molecule has 0 saturated carbocycles. The summed E-state index contributed by atoms with van der Waals surface area (Å²) in [6, 6.07) is 5.49. The lowest BCUT2D eigenvalue weighted by Gasteiger charge is -2.04. The predicted octanol–water partition coefficient (Wildman–Crippen LogP) is 2.58. The van der Waals surface area contributed by atoms with E-state index in [9.17, 15) is 9.59 Å². The van der Waals surface area contributed by atoms with Crippen LogP contribution in [0.5, 0.6) is 0 Å². The maximum Gasteiger partial charge on any atom is 0.306 e. The topological polar surface area (TPSA) is 84.1 Å².